The van der Waals surface area contributed by atoms with E-state index >= 15 is 0 Å². The quantitative estimate of drug-likeness (QED) is 0.831. The fourth-order valence-electron chi connectivity index (χ4n) is 2.33. The van der Waals surface area contributed by atoms with Crippen LogP contribution >= 0.6 is 11.8 Å². The van der Waals surface area contributed by atoms with Crippen molar-refractivity contribution in [3.8, 4) is 0 Å². The van der Waals surface area contributed by atoms with Crippen LogP contribution in [0.3, 0.4) is 0 Å². The second-order valence-corrected chi connectivity index (χ2v) is 5.98. The van der Waals surface area contributed by atoms with E-state index in [0.717, 1.165) is 25.3 Å². The van der Waals surface area contributed by atoms with Gasteiger partial charge < -0.3 is 16.0 Å². The van der Waals surface area contributed by atoms with E-state index in [-0.39, 0.29) is 0 Å². The Balaban J connectivity index is 2.10. The second kappa shape index (κ2) is 7.52. The van der Waals surface area contributed by atoms with Crippen LogP contribution in [0.2, 0.25) is 0 Å². The molecule has 2 heterocycles. The minimum Gasteiger partial charge on any atom is -0.368 e. The number of nitrogens with two attached hydrogens (primary N) is 1. The van der Waals surface area contributed by atoms with Crippen molar-refractivity contribution in [2.45, 2.75) is 38.6 Å². The summed E-state index contributed by atoms with van der Waals surface area (Å²) in [5, 5.41) is 3.36. The van der Waals surface area contributed by atoms with Gasteiger partial charge in [0.25, 0.3) is 0 Å². The van der Waals surface area contributed by atoms with Crippen LogP contribution in [0.15, 0.2) is 0 Å². The lowest BCUT2D eigenvalue weighted by atomic mass is 10.1. The van der Waals surface area contributed by atoms with Gasteiger partial charge in [-0.05, 0) is 31.9 Å². The van der Waals surface area contributed by atoms with E-state index in [4.69, 9.17) is 5.73 Å². The van der Waals surface area contributed by atoms with E-state index in [2.05, 4.69) is 38.3 Å². The summed E-state index contributed by atoms with van der Waals surface area (Å²) in [4.78, 5) is 15.2. The van der Waals surface area contributed by atoms with Crippen molar-refractivity contribution < 1.29 is 0 Å². The normalized spacial score (nSPS) is 17.0. The predicted molar refractivity (Wildman–Crippen MR) is 86.4 cm³/mol. The minimum absolute atomic E-state index is 0.294. The maximum Gasteiger partial charge on any atom is 0.231 e. The summed E-state index contributed by atoms with van der Waals surface area (Å²) in [6.07, 6.45) is 6.81. The highest BCUT2D eigenvalue weighted by molar-refractivity contribution is 7.98. The first-order chi connectivity index (χ1) is 9.72. The molecular weight excluding hydrogens is 272 g/mol. The number of hydrogen-bond acceptors (Lipinski definition) is 7. The van der Waals surface area contributed by atoms with Crippen LogP contribution in [0.5, 0.6) is 0 Å². The van der Waals surface area contributed by atoms with Gasteiger partial charge in [-0.25, -0.2) is 0 Å². The van der Waals surface area contributed by atoms with Crippen molar-refractivity contribution in [1.82, 2.24) is 15.0 Å². The average molecular weight is 296 g/mol. The Kier molecular flexibility index (Phi) is 5.70. The molecule has 1 aliphatic rings. The number of nitrogen functional groups attached to an aromatic ring is 1. The summed E-state index contributed by atoms with van der Waals surface area (Å²) >= 11 is 1.81. The number of hydrogen-bond donors (Lipinski definition) is 2. The number of anilines is 3. The summed E-state index contributed by atoms with van der Waals surface area (Å²) in [6.45, 7) is 4.17. The largest absolute Gasteiger partial charge is 0.368 e. The summed E-state index contributed by atoms with van der Waals surface area (Å²) < 4.78 is 0. The van der Waals surface area contributed by atoms with Gasteiger partial charge in [0.1, 0.15) is 0 Å². The summed E-state index contributed by atoms with van der Waals surface area (Å²) in [7, 11) is 0. The molecule has 0 radical (unpaired) electrons. The van der Waals surface area contributed by atoms with Crippen molar-refractivity contribution in [2.75, 3.05) is 41.0 Å². The van der Waals surface area contributed by atoms with Gasteiger partial charge in [0.2, 0.25) is 17.8 Å². The smallest absolute Gasteiger partial charge is 0.231 e. The average Bonchev–Trinajstić information content (AvgIpc) is 2.47. The van der Waals surface area contributed by atoms with Crippen LogP contribution in [-0.4, -0.2) is 46.1 Å². The van der Waals surface area contributed by atoms with E-state index in [1.54, 1.807) is 0 Å². The van der Waals surface area contributed by atoms with Crippen LogP contribution < -0.4 is 16.0 Å². The molecule has 1 fully saturated rings. The van der Waals surface area contributed by atoms with E-state index in [0.29, 0.717) is 23.9 Å². The highest BCUT2D eigenvalue weighted by Crippen LogP contribution is 2.18. The third-order valence-corrected chi connectivity index (χ3v) is 4.21. The Labute approximate surface area is 125 Å². The monoisotopic (exact) mass is 296 g/mol. The number of piperidine rings is 1. The fourth-order valence-corrected chi connectivity index (χ4v) is 3.05. The predicted octanol–water partition coefficient (Wildman–Crippen LogP) is 2.00. The zero-order valence-electron chi connectivity index (χ0n) is 12.3. The Morgan fingerprint density at radius 2 is 2.00 bits per heavy atom. The van der Waals surface area contributed by atoms with Gasteiger partial charge >= 0.3 is 0 Å². The van der Waals surface area contributed by atoms with E-state index in [9.17, 15) is 0 Å². The van der Waals surface area contributed by atoms with Gasteiger partial charge in [-0.2, -0.15) is 26.7 Å². The van der Waals surface area contributed by atoms with Crippen LogP contribution in [-0.2, 0) is 0 Å². The summed E-state index contributed by atoms with van der Waals surface area (Å²) in [5.41, 5.74) is 5.82. The van der Waals surface area contributed by atoms with E-state index in [1.165, 1.54) is 19.3 Å². The van der Waals surface area contributed by atoms with Crippen LogP contribution in [0.1, 0.15) is 32.6 Å². The minimum atomic E-state index is 0.294. The molecule has 0 saturated carbocycles. The Morgan fingerprint density at radius 1 is 1.25 bits per heavy atom. The van der Waals surface area contributed by atoms with Gasteiger partial charge in [0.15, 0.2) is 0 Å². The number of nitrogens with zero attached hydrogens (tertiary/aromatic N) is 4. The van der Waals surface area contributed by atoms with Gasteiger partial charge in [-0.1, -0.05) is 6.92 Å². The van der Waals surface area contributed by atoms with Crippen molar-refractivity contribution in [3.63, 3.8) is 0 Å². The third kappa shape index (κ3) is 4.13. The van der Waals surface area contributed by atoms with Crippen molar-refractivity contribution in [2.24, 2.45) is 0 Å². The highest BCUT2D eigenvalue weighted by Gasteiger charge is 2.16. The van der Waals surface area contributed by atoms with Gasteiger partial charge in [0, 0.05) is 24.9 Å². The molecular formula is C13H24N6S. The van der Waals surface area contributed by atoms with Gasteiger partial charge in [-0.3, -0.25) is 0 Å². The molecule has 1 aromatic heterocycles. The molecule has 0 aliphatic carbocycles. The third-order valence-electron chi connectivity index (χ3n) is 3.47. The van der Waals surface area contributed by atoms with Crippen LogP contribution in [0, 0.1) is 0 Å². The van der Waals surface area contributed by atoms with E-state index < -0.39 is 0 Å². The first-order valence-electron chi connectivity index (χ1n) is 7.25. The SMILES string of the molecule is CCC(CSC)Nc1nc(N)nc(N2CCCCC2)n1. The van der Waals surface area contributed by atoms with Crippen LogP contribution in [0.25, 0.3) is 0 Å². The molecule has 0 bridgehead atoms. The molecule has 0 aromatic carbocycles. The molecule has 7 heteroatoms. The standard InChI is InChI=1S/C13H24N6S/c1-3-10(9-20-2)15-12-16-11(14)17-13(18-12)19-7-5-4-6-8-19/h10H,3-9H2,1-2H3,(H3,14,15,16,17,18). The van der Waals surface area contributed by atoms with Gasteiger partial charge in [-0.15, -0.1) is 0 Å². The summed E-state index contributed by atoms with van der Waals surface area (Å²) in [5.74, 6) is 2.63. The number of rotatable bonds is 6. The highest BCUT2D eigenvalue weighted by atomic mass is 32.2. The Hall–Kier alpha value is -1.24. The molecule has 0 amide bonds. The maximum absolute atomic E-state index is 5.82. The zero-order valence-corrected chi connectivity index (χ0v) is 13.1. The number of nitrogens with one attached hydrogen (secondary N) is 1. The Morgan fingerprint density at radius 3 is 2.65 bits per heavy atom. The molecule has 1 unspecified atom stereocenters. The first kappa shape index (κ1) is 15.2. The zero-order chi connectivity index (χ0) is 14.4. The molecule has 1 saturated heterocycles. The molecule has 6 nitrogen and oxygen atoms in total. The molecule has 1 aromatic rings. The molecule has 2 rings (SSSR count). The number of aromatic nitrogens is 3. The Bertz CT molecular complexity index is 421. The van der Waals surface area contributed by atoms with Gasteiger partial charge in [0.05, 0.1) is 0 Å². The topological polar surface area (TPSA) is 80.0 Å². The molecule has 20 heavy (non-hydrogen) atoms. The molecule has 3 N–H and O–H groups in total. The lowest BCUT2D eigenvalue weighted by Gasteiger charge is -2.27. The van der Waals surface area contributed by atoms with Crippen molar-refractivity contribution in [3.05, 3.63) is 0 Å². The molecule has 0 spiro atoms. The molecule has 1 aliphatic heterocycles. The first-order valence-corrected chi connectivity index (χ1v) is 8.64. The van der Waals surface area contributed by atoms with Crippen molar-refractivity contribution >= 4 is 29.6 Å². The second-order valence-electron chi connectivity index (χ2n) is 5.07. The lowest BCUT2D eigenvalue weighted by Crippen LogP contribution is -2.32. The van der Waals surface area contributed by atoms with Crippen molar-refractivity contribution in [1.29, 1.82) is 0 Å². The number of thioether (sulfide) groups is 1. The van der Waals surface area contributed by atoms with E-state index in [1.807, 2.05) is 11.8 Å². The fraction of sp³-hybridized carbons (Fsp3) is 0.769. The van der Waals surface area contributed by atoms with Crippen LogP contribution in [0.4, 0.5) is 17.8 Å². The maximum atomic E-state index is 5.82. The summed E-state index contributed by atoms with van der Waals surface area (Å²) in [6, 6.07) is 0.362. The lowest BCUT2D eigenvalue weighted by molar-refractivity contribution is 0.567. The molecule has 112 valence electrons. The molecule has 1 atom stereocenters.